The minimum absolute atomic E-state index is 0.0134. The zero-order valence-corrected chi connectivity index (χ0v) is 17.7. The fourth-order valence-corrected chi connectivity index (χ4v) is 4.03. The lowest BCUT2D eigenvalue weighted by molar-refractivity contribution is 0.412. The van der Waals surface area contributed by atoms with Gasteiger partial charge in [-0.15, -0.1) is 4.36 Å². The molecule has 12 heteroatoms. The monoisotopic (exact) mass is 467 g/mol. The molecule has 0 fully saturated rings. The Morgan fingerprint density at radius 1 is 1.19 bits per heavy atom. The number of hydrogen-bond donors (Lipinski definition) is 3. The van der Waals surface area contributed by atoms with Crippen molar-refractivity contribution in [2.45, 2.75) is 5.75 Å². The van der Waals surface area contributed by atoms with Gasteiger partial charge in [-0.25, -0.2) is 27.5 Å². The van der Waals surface area contributed by atoms with Crippen LogP contribution in [-0.2, 0) is 15.9 Å². The molecule has 0 amide bonds. The third-order valence-electron chi connectivity index (χ3n) is 4.25. The average molecular weight is 467 g/mol. The molecule has 0 saturated heterocycles. The molecule has 168 valence electrons. The van der Waals surface area contributed by atoms with Gasteiger partial charge in [-0.1, -0.05) is 10.1 Å². The van der Waals surface area contributed by atoms with Gasteiger partial charge in [0.1, 0.15) is 17.3 Å². The van der Waals surface area contributed by atoms with Crippen molar-refractivity contribution in [3.8, 4) is 23.2 Å². The van der Waals surface area contributed by atoms with E-state index in [1.807, 2.05) is 0 Å². The highest BCUT2D eigenvalue weighted by molar-refractivity contribution is 7.98. The maximum Gasteiger partial charge on any atom is 0.227 e. The Bertz CT molecular complexity index is 1270. The molecule has 0 radical (unpaired) electrons. The SMILES string of the molecule is COc1cc(F)ccc1-c1nc(Nc2cc(F)c(F)c(C[SH](C)(O)=NC#N)c2)ncc1F. The molecule has 0 aliphatic carbocycles. The van der Waals surface area contributed by atoms with E-state index < -0.39 is 33.4 Å². The second kappa shape index (κ2) is 9.29. The second-order valence-electron chi connectivity index (χ2n) is 6.74. The van der Waals surface area contributed by atoms with Crippen molar-refractivity contribution in [2.24, 2.45) is 4.36 Å². The third kappa shape index (κ3) is 5.19. The summed E-state index contributed by atoms with van der Waals surface area (Å²) in [5.74, 6) is -4.31. The van der Waals surface area contributed by atoms with Crippen LogP contribution in [0.4, 0.5) is 29.2 Å². The summed E-state index contributed by atoms with van der Waals surface area (Å²) >= 11 is 0. The number of methoxy groups -OCH3 is 1. The first-order valence-corrected chi connectivity index (χ1v) is 11.3. The van der Waals surface area contributed by atoms with Gasteiger partial charge in [0.2, 0.25) is 12.1 Å². The van der Waals surface area contributed by atoms with Crippen LogP contribution in [0.3, 0.4) is 0 Å². The summed E-state index contributed by atoms with van der Waals surface area (Å²) < 4.78 is 74.7. The molecule has 0 aliphatic heterocycles. The molecule has 0 atom stereocenters. The Morgan fingerprint density at radius 2 is 1.94 bits per heavy atom. The smallest absolute Gasteiger partial charge is 0.227 e. The van der Waals surface area contributed by atoms with Crippen molar-refractivity contribution in [2.75, 3.05) is 18.7 Å². The van der Waals surface area contributed by atoms with Crippen LogP contribution in [0.15, 0.2) is 40.9 Å². The molecule has 7 nitrogen and oxygen atoms in total. The van der Waals surface area contributed by atoms with Crippen molar-refractivity contribution in [1.82, 2.24) is 9.97 Å². The van der Waals surface area contributed by atoms with Gasteiger partial charge in [-0.3, -0.25) is 0 Å². The van der Waals surface area contributed by atoms with Crippen LogP contribution in [0.1, 0.15) is 5.56 Å². The Morgan fingerprint density at radius 3 is 2.62 bits per heavy atom. The molecule has 1 aromatic heterocycles. The molecule has 1 heterocycles. The first-order valence-electron chi connectivity index (χ1n) is 8.94. The van der Waals surface area contributed by atoms with Gasteiger partial charge < -0.3 is 14.6 Å². The van der Waals surface area contributed by atoms with E-state index in [4.69, 9.17) is 10.00 Å². The molecule has 2 aromatic carbocycles. The van der Waals surface area contributed by atoms with E-state index in [0.717, 1.165) is 24.4 Å². The molecule has 0 spiro atoms. The van der Waals surface area contributed by atoms with Crippen molar-refractivity contribution in [3.63, 3.8) is 0 Å². The van der Waals surface area contributed by atoms with Crippen LogP contribution >= 0.6 is 0 Å². The number of benzene rings is 2. The Hall–Kier alpha value is -3.56. The highest BCUT2D eigenvalue weighted by Crippen LogP contribution is 2.32. The molecule has 2 N–H and O–H groups in total. The van der Waals surface area contributed by atoms with E-state index in [2.05, 4.69) is 19.6 Å². The van der Waals surface area contributed by atoms with Crippen molar-refractivity contribution >= 4 is 21.7 Å². The second-order valence-corrected chi connectivity index (χ2v) is 9.43. The number of ether oxygens (including phenoxy) is 1. The fourth-order valence-electron chi connectivity index (χ4n) is 2.89. The highest BCUT2D eigenvalue weighted by Gasteiger charge is 2.18. The number of hydrogen-bond acceptors (Lipinski definition) is 6. The number of anilines is 2. The summed E-state index contributed by atoms with van der Waals surface area (Å²) in [7, 11) is -1.89. The first-order chi connectivity index (χ1) is 15.1. The third-order valence-corrected chi connectivity index (χ3v) is 5.71. The number of aromatic nitrogens is 2. The molecular formula is C20H17F4N5O2S. The molecule has 0 aliphatic rings. The maximum absolute atomic E-state index is 14.4. The largest absolute Gasteiger partial charge is 0.496 e. The van der Waals surface area contributed by atoms with Gasteiger partial charge in [0, 0.05) is 34.7 Å². The van der Waals surface area contributed by atoms with Crippen LogP contribution in [-0.4, -0.2) is 27.9 Å². The van der Waals surface area contributed by atoms with E-state index >= 15 is 0 Å². The molecular weight excluding hydrogens is 450 g/mol. The van der Waals surface area contributed by atoms with Gasteiger partial charge in [-0.2, -0.15) is 5.26 Å². The zero-order chi connectivity index (χ0) is 23.5. The van der Waals surface area contributed by atoms with E-state index in [0.29, 0.717) is 0 Å². The number of nitrogens with one attached hydrogen (secondary N) is 1. The molecule has 0 bridgehead atoms. The van der Waals surface area contributed by atoms with Gasteiger partial charge >= 0.3 is 0 Å². The lowest BCUT2D eigenvalue weighted by Crippen LogP contribution is -2.12. The van der Waals surface area contributed by atoms with Gasteiger partial charge in [0.05, 0.1) is 13.3 Å². The Kier molecular flexibility index (Phi) is 6.71. The summed E-state index contributed by atoms with van der Waals surface area (Å²) in [6, 6.07) is 5.48. The number of halogens is 4. The first kappa shape index (κ1) is 23.1. The summed E-state index contributed by atoms with van der Waals surface area (Å²) in [5.41, 5.74) is -0.252. The molecule has 3 aromatic rings. The standard InChI is InChI=1S/C20H17F4N5O2S/c1-31-17-6-12(21)3-4-14(17)19-16(23)8-26-20(29-19)28-13-5-11(18(24)15(22)7-13)9-32(2,30)27-10-25/h3-8,32H,9H2,1-2H3,(H,27,30)(H,26,28,29). The van der Waals surface area contributed by atoms with Crippen LogP contribution in [0, 0.1) is 34.7 Å². The molecule has 32 heavy (non-hydrogen) atoms. The van der Waals surface area contributed by atoms with Crippen molar-refractivity contribution < 1.29 is 26.9 Å². The lowest BCUT2D eigenvalue weighted by Gasteiger charge is -2.17. The van der Waals surface area contributed by atoms with E-state index in [1.165, 1.54) is 31.7 Å². The summed E-state index contributed by atoms with van der Waals surface area (Å²) in [6.45, 7) is 0. The summed E-state index contributed by atoms with van der Waals surface area (Å²) in [4.78, 5) is 7.83. The summed E-state index contributed by atoms with van der Waals surface area (Å²) in [5, 5.41) is 11.3. The minimum atomic E-state index is -3.18. The Balaban J connectivity index is 1.99. The topological polar surface area (TPSA) is 103 Å². The normalized spacial score (nSPS) is 11.6. The molecule has 0 unspecified atom stereocenters. The van der Waals surface area contributed by atoms with Crippen molar-refractivity contribution in [1.29, 1.82) is 5.26 Å². The van der Waals surface area contributed by atoms with Gasteiger partial charge in [0.15, 0.2) is 17.5 Å². The number of nitrogens with zero attached hydrogens (tertiary/aromatic N) is 4. The lowest BCUT2D eigenvalue weighted by atomic mass is 10.1. The zero-order valence-electron chi connectivity index (χ0n) is 16.8. The van der Waals surface area contributed by atoms with Crippen LogP contribution in [0.25, 0.3) is 11.3 Å². The van der Waals surface area contributed by atoms with E-state index in [1.54, 1.807) is 0 Å². The minimum Gasteiger partial charge on any atom is -0.496 e. The van der Waals surface area contributed by atoms with Crippen LogP contribution in [0.5, 0.6) is 5.75 Å². The Labute approximate surface area is 181 Å². The fraction of sp³-hybridized carbons (Fsp3) is 0.150. The number of rotatable bonds is 6. The quantitative estimate of drug-likeness (QED) is 0.278. The highest BCUT2D eigenvalue weighted by atomic mass is 32.3. The maximum atomic E-state index is 14.4. The van der Waals surface area contributed by atoms with Crippen molar-refractivity contribution in [3.05, 3.63) is 65.4 Å². The number of thiol groups is 1. The van der Waals surface area contributed by atoms with E-state index in [9.17, 15) is 22.1 Å². The van der Waals surface area contributed by atoms with Crippen LogP contribution in [0.2, 0.25) is 0 Å². The van der Waals surface area contributed by atoms with Crippen LogP contribution < -0.4 is 10.1 Å². The molecule has 3 rings (SSSR count). The predicted octanol–water partition coefficient (Wildman–Crippen LogP) is 4.61. The average Bonchev–Trinajstić information content (AvgIpc) is 2.73. The number of nitriles is 1. The summed E-state index contributed by atoms with van der Waals surface area (Å²) in [6.07, 6.45) is 3.59. The van der Waals surface area contributed by atoms with Gasteiger partial charge in [-0.05, 0) is 24.5 Å². The van der Waals surface area contributed by atoms with E-state index in [-0.39, 0.29) is 40.0 Å². The van der Waals surface area contributed by atoms with Gasteiger partial charge in [0.25, 0.3) is 0 Å². The predicted molar refractivity (Wildman–Crippen MR) is 113 cm³/mol. The molecule has 0 saturated carbocycles.